The van der Waals surface area contributed by atoms with E-state index in [-0.39, 0.29) is 0 Å². The Kier molecular flexibility index (Phi) is 4.68. The highest BCUT2D eigenvalue weighted by molar-refractivity contribution is 6.30. The highest BCUT2D eigenvalue weighted by Crippen LogP contribution is 2.18. The van der Waals surface area contributed by atoms with E-state index in [0.717, 1.165) is 24.3 Å². The van der Waals surface area contributed by atoms with Gasteiger partial charge in [-0.3, -0.25) is 4.68 Å². The molecule has 0 unspecified atom stereocenters. The molecular weight excluding hydrogens is 272 g/mol. The van der Waals surface area contributed by atoms with E-state index < -0.39 is 0 Å². The molecular formula is C15H21ClN4. The number of halogens is 1. The van der Waals surface area contributed by atoms with Gasteiger partial charge < -0.3 is 10.2 Å². The molecule has 5 heteroatoms. The van der Waals surface area contributed by atoms with Gasteiger partial charge in [-0.15, -0.1) is 0 Å². The molecule has 20 heavy (non-hydrogen) atoms. The Labute approximate surface area is 125 Å². The topological polar surface area (TPSA) is 33.1 Å². The van der Waals surface area contributed by atoms with Gasteiger partial charge >= 0.3 is 0 Å². The van der Waals surface area contributed by atoms with E-state index in [1.54, 1.807) is 4.68 Å². The quantitative estimate of drug-likeness (QED) is 0.920. The van der Waals surface area contributed by atoms with Gasteiger partial charge in [-0.2, -0.15) is 5.10 Å². The smallest absolute Gasteiger partial charge is 0.131 e. The zero-order valence-corrected chi connectivity index (χ0v) is 13.2. The first-order chi connectivity index (χ1) is 9.49. The van der Waals surface area contributed by atoms with Gasteiger partial charge in [0.15, 0.2) is 0 Å². The molecule has 0 fully saturated rings. The van der Waals surface area contributed by atoms with Crippen molar-refractivity contribution in [1.29, 1.82) is 0 Å². The Balaban J connectivity index is 1.92. The van der Waals surface area contributed by atoms with Crippen LogP contribution in [0.1, 0.15) is 16.8 Å². The monoisotopic (exact) mass is 292 g/mol. The summed E-state index contributed by atoms with van der Waals surface area (Å²) in [6.45, 7) is 3.53. The molecule has 4 nitrogen and oxygen atoms in total. The predicted octanol–water partition coefficient (Wildman–Crippen LogP) is 2.74. The third-order valence-electron chi connectivity index (χ3n) is 3.35. The minimum atomic E-state index is 0.706. The van der Waals surface area contributed by atoms with Crippen molar-refractivity contribution >= 4 is 17.3 Å². The highest BCUT2D eigenvalue weighted by atomic mass is 35.5. The van der Waals surface area contributed by atoms with Crippen molar-refractivity contribution in [3.63, 3.8) is 0 Å². The summed E-state index contributed by atoms with van der Waals surface area (Å²) in [5.41, 5.74) is 4.51. The summed E-state index contributed by atoms with van der Waals surface area (Å²) < 4.78 is 1.71. The van der Waals surface area contributed by atoms with Crippen LogP contribution >= 0.6 is 11.6 Å². The molecule has 2 aromatic rings. The third-order valence-corrected chi connectivity index (χ3v) is 3.83. The Morgan fingerprint density at radius 1 is 1.20 bits per heavy atom. The van der Waals surface area contributed by atoms with Gasteiger partial charge in [0.1, 0.15) is 5.15 Å². The lowest BCUT2D eigenvalue weighted by molar-refractivity contribution is 0.690. The zero-order chi connectivity index (χ0) is 14.7. The first-order valence-corrected chi connectivity index (χ1v) is 7.01. The number of hydrogen-bond donors (Lipinski definition) is 1. The minimum Gasteiger partial charge on any atom is -0.378 e. The minimum absolute atomic E-state index is 0.706. The van der Waals surface area contributed by atoms with Crippen molar-refractivity contribution in [1.82, 2.24) is 15.1 Å². The van der Waals surface area contributed by atoms with Gasteiger partial charge in [0.05, 0.1) is 5.69 Å². The molecule has 1 aromatic carbocycles. The molecule has 1 N–H and O–H groups in total. The number of hydrogen-bond acceptors (Lipinski definition) is 3. The van der Waals surface area contributed by atoms with Crippen LogP contribution in [0, 0.1) is 6.92 Å². The van der Waals surface area contributed by atoms with E-state index in [4.69, 9.17) is 11.6 Å². The molecule has 2 rings (SSSR count). The number of aromatic nitrogens is 2. The maximum Gasteiger partial charge on any atom is 0.131 e. The Hall–Kier alpha value is -1.52. The fourth-order valence-corrected chi connectivity index (χ4v) is 2.36. The molecule has 1 heterocycles. The SMILES string of the molecule is Cc1nn(C)c(Cl)c1CNCc1ccc(N(C)C)cc1. The lowest BCUT2D eigenvalue weighted by Gasteiger charge is -2.13. The molecule has 0 spiro atoms. The maximum absolute atomic E-state index is 6.21. The number of benzene rings is 1. The summed E-state index contributed by atoms with van der Waals surface area (Å²) in [6, 6.07) is 8.53. The van der Waals surface area contributed by atoms with Crippen molar-refractivity contribution in [2.24, 2.45) is 7.05 Å². The molecule has 0 radical (unpaired) electrons. The fraction of sp³-hybridized carbons (Fsp3) is 0.400. The van der Waals surface area contributed by atoms with Crippen LogP contribution in [0.4, 0.5) is 5.69 Å². The van der Waals surface area contributed by atoms with E-state index in [1.165, 1.54) is 11.3 Å². The third kappa shape index (κ3) is 3.32. The molecule has 0 saturated heterocycles. The van der Waals surface area contributed by atoms with Crippen molar-refractivity contribution in [2.75, 3.05) is 19.0 Å². The lowest BCUT2D eigenvalue weighted by atomic mass is 10.2. The molecule has 0 amide bonds. The first-order valence-electron chi connectivity index (χ1n) is 6.64. The van der Waals surface area contributed by atoms with Crippen molar-refractivity contribution in [3.8, 4) is 0 Å². The molecule has 0 aliphatic carbocycles. The predicted molar refractivity (Wildman–Crippen MR) is 84.3 cm³/mol. The van der Waals surface area contributed by atoms with Crippen molar-refractivity contribution in [2.45, 2.75) is 20.0 Å². The van der Waals surface area contributed by atoms with Crippen LogP contribution < -0.4 is 10.2 Å². The Morgan fingerprint density at radius 2 is 1.85 bits per heavy atom. The van der Waals surface area contributed by atoms with Crippen molar-refractivity contribution < 1.29 is 0 Å². The summed E-state index contributed by atoms with van der Waals surface area (Å²) in [5.74, 6) is 0. The van der Waals surface area contributed by atoms with Crippen LogP contribution in [0.2, 0.25) is 5.15 Å². The summed E-state index contributed by atoms with van der Waals surface area (Å²) in [7, 11) is 5.94. The summed E-state index contributed by atoms with van der Waals surface area (Å²) in [6.07, 6.45) is 0. The summed E-state index contributed by atoms with van der Waals surface area (Å²) in [5, 5.41) is 8.42. The molecule has 1 aromatic heterocycles. The maximum atomic E-state index is 6.21. The molecule has 0 saturated carbocycles. The second-order valence-corrected chi connectivity index (χ2v) is 5.50. The highest BCUT2D eigenvalue weighted by Gasteiger charge is 2.10. The van der Waals surface area contributed by atoms with Crippen LogP contribution in [0.25, 0.3) is 0 Å². The van der Waals surface area contributed by atoms with Crippen LogP contribution in [-0.2, 0) is 20.1 Å². The van der Waals surface area contributed by atoms with E-state index in [2.05, 4.69) is 39.6 Å². The zero-order valence-electron chi connectivity index (χ0n) is 12.4. The Bertz CT molecular complexity index is 572. The van der Waals surface area contributed by atoms with Gasteiger partial charge in [0, 0.05) is 45.5 Å². The lowest BCUT2D eigenvalue weighted by Crippen LogP contribution is -2.14. The molecule has 0 aliphatic heterocycles. The van der Waals surface area contributed by atoms with Crippen LogP contribution in [0.15, 0.2) is 24.3 Å². The number of anilines is 1. The number of nitrogens with zero attached hydrogens (tertiary/aromatic N) is 3. The largest absolute Gasteiger partial charge is 0.378 e. The molecule has 0 atom stereocenters. The normalized spacial score (nSPS) is 10.8. The average Bonchev–Trinajstić information content (AvgIpc) is 2.65. The summed E-state index contributed by atoms with van der Waals surface area (Å²) >= 11 is 6.21. The fourth-order valence-electron chi connectivity index (χ4n) is 2.12. The van der Waals surface area contributed by atoms with Gasteiger partial charge in [0.2, 0.25) is 0 Å². The van der Waals surface area contributed by atoms with Crippen LogP contribution in [0.5, 0.6) is 0 Å². The van der Waals surface area contributed by atoms with E-state index >= 15 is 0 Å². The second-order valence-electron chi connectivity index (χ2n) is 5.14. The number of aryl methyl sites for hydroxylation is 2. The number of nitrogens with one attached hydrogen (secondary N) is 1. The van der Waals surface area contributed by atoms with Crippen molar-refractivity contribution in [3.05, 3.63) is 46.2 Å². The van der Waals surface area contributed by atoms with Gasteiger partial charge in [-0.05, 0) is 24.6 Å². The number of rotatable bonds is 5. The Morgan fingerprint density at radius 3 is 2.35 bits per heavy atom. The first kappa shape index (κ1) is 14.9. The van der Waals surface area contributed by atoms with Gasteiger partial charge in [0.25, 0.3) is 0 Å². The molecule has 108 valence electrons. The molecule has 0 aliphatic rings. The van der Waals surface area contributed by atoms with Gasteiger partial charge in [-0.25, -0.2) is 0 Å². The van der Waals surface area contributed by atoms with E-state index in [1.807, 2.05) is 28.1 Å². The summed E-state index contributed by atoms with van der Waals surface area (Å²) in [4.78, 5) is 2.09. The standard InChI is InChI=1S/C15H21ClN4/c1-11-14(15(16)20(4)18-11)10-17-9-12-5-7-13(8-6-12)19(2)3/h5-8,17H,9-10H2,1-4H3. The van der Waals surface area contributed by atoms with E-state index in [9.17, 15) is 0 Å². The average molecular weight is 293 g/mol. The van der Waals surface area contributed by atoms with E-state index in [0.29, 0.717) is 5.15 Å². The second kappa shape index (κ2) is 6.29. The van der Waals surface area contributed by atoms with Crippen LogP contribution in [0.3, 0.4) is 0 Å². The molecule has 0 bridgehead atoms. The van der Waals surface area contributed by atoms with Crippen LogP contribution in [-0.4, -0.2) is 23.9 Å². The van der Waals surface area contributed by atoms with Gasteiger partial charge in [-0.1, -0.05) is 23.7 Å².